The summed E-state index contributed by atoms with van der Waals surface area (Å²) in [4.78, 5) is 51.1. The van der Waals surface area contributed by atoms with E-state index in [1.54, 1.807) is 48.5 Å². The van der Waals surface area contributed by atoms with Crippen LogP contribution < -0.4 is 19.7 Å². The van der Waals surface area contributed by atoms with Crippen LogP contribution in [0.3, 0.4) is 0 Å². The summed E-state index contributed by atoms with van der Waals surface area (Å²) in [5, 5.41) is 2.86. The van der Waals surface area contributed by atoms with Gasteiger partial charge in [0, 0.05) is 11.3 Å². The van der Waals surface area contributed by atoms with Gasteiger partial charge in [0.15, 0.2) is 11.5 Å². The van der Waals surface area contributed by atoms with Gasteiger partial charge in [-0.25, -0.2) is 4.98 Å². The highest BCUT2D eigenvalue weighted by Gasteiger charge is 2.50. The third-order valence-corrected chi connectivity index (χ3v) is 6.68. The van der Waals surface area contributed by atoms with Crippen LogP contribution in [0.15, 0.2) is 54.6 Å². The minimum atomic E-state index is -0.812. The number of fused-ring (bicyclic) bond motifs is 6. The monoisotopic (exact) mass is 497 g/mol. The second-order valence-corrected chi connectivity index (χ2v) is 8.87. The number of aromatic amines is 1. The van der Waals surface area contributed by atoms with Crippen LogP contribution in [-0.4, -0.2) is 53.4 Å². The Morgan fingerprint density at radius 3 is 2.65 bits per heavy atom. The van der Waals surface area contributed by atoms with Gasteiger partial charge in [0.2, 0.25) is 5.91 Å². The third-order valence-electron chi connectivity index (χ3n) is 6.68. The molecule has 2 aliphatic heterocycles. The molecule has 1 unspecified atom stereocenters. The Morgan fingerprint density at radius 1 is 1.05 bits per heavy atom. The average Bonchev–Trinajstić information content (AvgIpc) is 3.42. The van der Waals surface area contributed by atoms with Crippen molar-refractivity contribution in [1.82, 2.24) is 14.9 Å². The molecule has 6 rings (SSSR count). The lowest BCUT2D eigenvalue weighted by Crippen LogP contribution is -2.50. The fourth-order valence-corrected chi connectivity index (χ4v) is 5.16. The molecule has 0 bridgehead atoms. The van der Waals surface area contributed by atoms with Gasteiger partial charge in [-0.15, -0.1) is 0 Å². The maximum atomic E-state index is 13.7. The summed E-state index contributed by atoms with van der Waals surface area (Å²) in [5.41, 5.74) is 3.84. The predicted molar refractivity (Wildman–Crippen MR) is 136 cm³/mol. The number of carbonyl (C=O) groups excluding carboxylic acids is 3. The lowest BCUT2D eigenvalue weighted by atomic mass is 10.0. The van der Waals surface area contributed by atoms with E-state index >= 15 is 0 Å². The van der Waals surface area contributed by atoms with E-state index in [-0.39, 0.29) is 24.1 Å². The van der Waals surface area contributed by atoms with Gasteiger partial charge in [0.1, 0.15) is 18.5 Å². The Morgan fingerprint density at radius 2 is 1.86 bits per heavy atom. The van der Waals surface area contributed by atoms with Crippen LogP contribution in [0.5, 0.6) is 11.5 Å². The van der Waals surface area contributed by atoms with Crippen molar-refractivity contribution in [2.75, 3.05) is 31.0 Å². The molecule has 2 N–H and O–H groups in total. The first-order valence-electron chi connectivity index (χ1n) is 11.7. The van der Waals surface area contributed by atoms with Crippen LogP contribution in [0.4, 0.5) is 11.4 Å². The van der Waals surface area contributed by atoms with Gasteiger partial charge in [-0.05, 0) is 43.3 Å². The van der Waals surface area contributed by atoms with E-state index in [1.165, 1.54) is 24.0 Å². The zero-order valence-electron chi connectivity index (χ0n) is 20.4. The molecule has 2 aliphatic rings. The van der Waals surface area contributed by atoms with Crippen LogP contribution in [0.25, 0.3) is 11.0 Å². The van der Waals surface area contributed by atoms with Crippen molar-refractivity contribution in [3.63, 3.8) is 0 Å². The number of amides is 3. The molecule has 0 spiro atoms. The van der Waals surface area contributed by atoms with Gasteiger partial charge in [0.25, 0.3) is 11.8 Å². The first-order chi connectivity index (χ1) is 17.9. The molecule has 3 heterocycles. The number of aryl methyl sites for hydroxylation is 1. The number of H-pyrrole nitrogens is 1. The zero-order valence-corrected chi connectivity index (χ0v) is 20.4. The van der Waals surface area contributed by atoms with Crippen LogP contribution in [-0.2, 0) is 4.79 Å². The summed E-state index contributed by atoms with van der Waals surface area (Å²) in [6, 6.07) is 15.7. The summed E-state index contributed by atoms with van der Waals surface area (Å²) in [7, 11) is 2.96. The molecule has 0 saturated carbocycles. The molecule has 37 heavy (non-hydrogen) atoms. The molecule has 4 aromatic rings. The Hall–Kier alpha value is -4.86. The number of para-hydroxylation sites is 1. The Kier molecular flexibility index (Phi) is 5.11. The van der Waals surface area contributed by atoms with E-state index in [4.69, 9.17) is 9.47 Å². The number of nitrogens with one attached hydrogen (secondary N) is 2. The van der Waals surface area contributed by atoms with Gasteiger partial charge in [0.05, 0.1) is 42.1 Å². The highest BCUT2D eigenvalue weighted by molar-refractivity contribution is 6.18. The van der Waals surface area contributed by atoms with Crippen molar-refractivity contribution in [2.45, 2.75) is 13.1 Å². The molecule has 0 fully saturated rings. The number of benzene rings is 3. The molecule has 3 amide bonds. The second-order valence-electron chi connectivity index (χ2n) is 8.87. The second kappa shape index (κ2) is 8.37. The minimum absolute atomic E-state index is 0.268. The van der Waals surface area contributed by atoms with Crippen molar-refractivity contribution >= 4 is 40.1 Å². The Labute approximate surface area is 211 Å². The first kappa shape index (κ1) is 22.6. The molecular formula is C27H23N5O5. The molecule has 3 aromatic carbocycles. The van der Waals surface area contributed by atoms with Crippen LogP contribution in [0.1, 0.15) is 38.3 Å². The van der Waals surface area contributed by atoms with Crippen molar-refractivity contribution in [2.24, 2.45) is 0 Å². The number of anilines is 2. The van der Waals surface area contributed by atoms with Crippen molar-refractivity contribution < 1.29 is 23.9 Å². The number of hydrogen-bond donors (Lipinski definition) is 2. The van der Waals surface area contributed by atoms with Gasteiger partial charge in [-0.3, -0.25) is 19.3 Å². The number of carbonyl (C=O) groups is 3. The molecule has 186 valence electrons. The maximum absolute atomic E-state index is 13.7. The van der Waals surface area contributed by atoms with E-state index in [0.717, 1.165) is 16.9 Å². The number of hydrogen-bond acceptors (Lipinski definition) is 6. The smallest absolute Gasteiger partial charge is 0.264 e. The summed E-state index contributed by atoms with van der Waals surface area (Å²) < 4.78 is 10.9. The molecule has 1 aromatic heterocycles. The van der Waals surface area contributed by atoms with Crippen LogP contribution in [0, 0.1) is 6.92 Å². The van der Waals surface area contributed by atoms with E-state index in [1.807, 2.05) is 13.0 Å². The van der Waals surface area contributed by atoms with Crippen LogP contribution in [0.2, 0.25) is 0 Å². The topological polar surface area (TPSA) is 117 Å². The number of rotatable bonds is 5. The molecule has 0 radical (unpaired) electrons. The Balaban J connectivity index is 1.39. The number of aromatic nitrogens is 2. The normalized spacial score (nSPS) is 15.9. The van der Waals surface area contributed by atoms with Crippen molar-refractivity contribution in [1.29, 1.82) is 0 Å². The van der Waals surface area contributed by atoms with E-state index in [9.17, 15) is 14.4 Å². The average molecular weight is 498 g/mol. The number of ether oxygens (including phenoxy) is 2. The SMILES string of the molecule is COc1ccc2c(c1OC)C(=O)N1c3ccccc3C(=O)N(CC(=O)Nc3ccc4nc(C)[nH]c4c3)C21. The van der Waals surface area contributed by atoms with Gasteiger partial charge in [-0.2, -0.15) is 0 Å². The molecule has 0 saturated heterocycles. The summed E-state index contributed by atoms with van der Waals surface area (Å²) in [6.45, 7) is 1.59. The fraction of sp³-hybridized carbons (Fsp3) is 0.185. The largest absolute Gasteiger partial charge is 0.493 e. The fourth-order valence-electron chi connectivity index (χ4n) is 5.16. The van der Waals surface area contributed by atoms with Gasteiger partial charge < -0.3 is 24.7 Å². The Bertz CT molecular complexity index is 1610. The summed E-state index contributed by atoms with van der Waals surface area (Å²) in [5.74, 6) is 0.389. The quantitative estimate of drug-likeness (QED) is 0.435. The molecular weight excluding hydrogens is 474 g/mol. The standard InChI is InChI=1S/C27H23N5O5/c1-14-28-18-10-8-15(12-19(18)29-14)30-22(33)13-31-25-17-9-11-21(36-2)24(37-3)23(17)27(35)32(25)20-7-5-4-6-16(20)26(31)34/h4-12,25H,13H2,1-3H3,(H,28,29)(H,30,33). The summed E-state index contributed by atoms with van der Waals surface area (Å²) in [6.07, 6.45) is -0.812. The number of methoxy groups -OCH3 is 2. The lowest BCUT2D eigenvalue weighted by molar-refractivity contribution is -0.117. The molecule has 10 nitrogen and oxygen atoms in total. The molecule has 1 atom stereocenters. The zero-order chi connectivity index (χ0) is 25.8. The van der Waals surface area contributed by atoms with Crippen molar-refractivity contribution in [3.05, 3.63) is 77.1 Å². The molecule has 0 aliphatic carbocycles. The van der Waals surface area contributed by atoms with Crippen LogP contribution >= 0.6 is 0 Å². The highest BCUT2D eigenvalue weighted by Crippen LogP contribution is 2.49. The minimum Gasteiger partial charge on any atom is -0.493 e. The maximum Gasteiger partial charge on any atom is 0.264 e. The van der Waals surface area contributed by atoms with E-state index in [0.29, 0.717) is 33.8 Å². The highest BCUT2D eigenvalue weighted by atomic mass is 16.5. The number of nitrogens with zero attached hydrogens (tertiary/aromatic N) is 3. The van der Waals surface area contributed by atoms with E-state index in [2.05, 4.69) is 15.3 Å². The van der Waals surface area contributed by atoms with Gasteiger partial charge in [-0.1, -0.05) is 18.2 Å². The van der Waals surface area contributed by atoms with Gasteiger partial charge >= 0.3 is 0 Å². The van der Waals surface area contributed by atoms with Crippen molar-refractivity contribution in [3.8, 4) is 11.5 Å². The molecule has 10 heteroatoms. The third kappa shape index (κ3) is 3.40. The van der Waals surface area contributed by atoms with E-state index < -0.39 is 12.1 Å². The predicted octanol–water partition coefficient (Wildman–Crippen LogP) is 3.64. The lowest BCUT2D eigenvalue weighted by Gasteiger charge is -2.40. The first-order valence-corrected chi connectivity index (χ1v) is 11.7. The number of imidazole rings is 1. The summed E-state index contributed by atoms with van der Waals surface area (Å²) >= 11 is 0.